The number of hydrogen-bond acceptors (Lipinski definition) is 3. The SMILES string of the molecule is COC(=O)c1cc2c(O)c(F)ccc2[nH]1. The smallest absolute Gasteiger partial charge is 0.354 e. The Kier molecular flexibility index (Phi) is 2.07. The van der Waals surface area contributed by atoms with Crippen molar-refractivity contribution in [1.82, 2.24) is 4.98 Å². The van der Waals surface area contributed by atoms with Crippen LogP contribution in [0.2, 0.25) is 0 Å². The summed E-state index contributed by atoms with van der Waals surface area (Å²) in [4.78, 5) is 13.9. The van der Waals surface area contributed by atoms with E-state index in [2.05, 4.69) is 9.72 Å². The summed E-state index contributed by atoms with van der Waals surface area (Å²) in [5.74, 6) is -1.76. The number of phenols is 1. The molecule has 0 saturated heterocycles. The molecule has 0 unspecified atom stereocenters. The molecule has 0 aliphatic heterocycles. The Hall–Kier alpha value is -2.04. The molecule has 2 aromatic rings. The van der Waals surface area contributed by atoms with Gasteiger partial charge in [-0.15, -0.1) is 0 Å². The van der Waals surface area contributed by atoms with E-state index >= 15 is 0 Å². The predicted molar refractivity (Wildman–Crippen MR) is 51.3 cm³/mol. The number of carbonyl (C=O) groups is 1. The summed E-state index contributed by atoms with van der Waals surface area (Å²) in [6, 6.07) is 3.91. The molecule has 0 aliphatic rings. The molecule has 0 saturated carbocycles. The molecule has 1 aromatic heterocycles. The number of nitrogens with one attached hydrogen (secondary N) is 1. The van der Waals surface area contributed by atoms with Crippen molar-refractivity contribution in [1.29, 1.82) is 0 Å². The Bertz CT molecular complexity index is 533. The maximum absolute atomic E-state index is 13.0. The van der Waals surface area contributed by atoms with Crippen LogP contribution in [0, 0.1) is 5.82 Å². The molecule has 0 bridgehead atoms. The average Bonchev–Trinajstić information content (AvgIpc) is 2.67. The van der Waals surface area contributed by atoms with E-state index in [1.807, 2.05) is 0 Å². The molecular formula is C10H8FNO3. The van der Waals surface area contributed by atoms with E-state index in [4.69, 9.17) is 0 Å². The fraction of sp³-hybridized carbons (Fsp3) is 0.100. The lowest BCUT2D eigenvalue weighted by Crippen LogP contribution is -2.00. The summed E-state index contributed by atoms with van der Waals surface area (Å²) >= 11 is 0. The minimum absolute atomic E-state index is 0.174. The number of rotatable bonds is 1. The summed E-state index contributed by atoms with van der Waals surface area (Å²) in [6.45, 7) is 0. The molecule has 78 valence electrons. The lowest BCUT2D eigenvalue weighted by molar-refractivity contribution is 0.0595. The Morgan fingerprint density at radius 1 is 1.53 bits per heavy atom. The number of esters is 1. The molecule has 0 amide bonds. The molecule has 1 aromatic carbocycles. The van der Waals surface area contributed by atoms with Crippen LogP contribution in [0.5, 0.6) is 5.75 Å². The van der Waals surface area contributed by atoms with E-state index in [0.29, 0.717) is 5.52 Å². The summed E-state index contributed by atoms with van der Waals surface area (Å²) in [7, 11) is 1.24. The molecule has 5 heteroatoms. The van der Waals surface area contributed by atoms with Crippen molar-refractivity contribution < 1.29 is 19.0 Å². The lowest BCUT2D eigenvalue weighted by Gasteiger charge is -1.94. The van der Waals surface area contributed by atoms with Gasteiger partial charge in [-0.25, -0.2) is 9.18 Å². The third-order valence-electron chi connectivity index (χ3n) is 2.13. The molecule has 0 radical (unpaired) electrons. The van der Waals surface area contributed by atoms with E-state index < -0.39 is 17.5 Å². The number of aromatic nitrogens is 1. The first-order chi connectivity index (χ1) is 7.13. The fourth-order valence-electron chi connectivity index (χ4n) is 1.38. The largest absolute Gasteiger partial charge is 0.504 e. The van der Waals surface area contributed by atoms with Crippen molar-refractivity contribution >= 4 is 16.9 Å². The summed E-state index contributed by atoms with van der Waals surface area (Å²) in [6.07, 6.45) is 0. The molecule has 1 heterocycles. The van der Waals surface area contributed by atoms with Crippen LogP contribution in [-0.2, 0) is 4.74 Å². The van der Waals surface area contributed by atoms with Crippen LogP contribution < -0.4 is 0 Å². The van der Waals surface area contributed by atoms with Gasteiger partial charge in [-0.1, -0.05) is 0 Å². The second-order valence-electron chi connectivity index (χ2n) is 3.03. The van der Waals surface area contributed by atoms with Crippen molar-refractivity contribution in [2.75, 3.05) is 7.11 Å². The first-order valence-corrected chi connectivity index (χ1v) is 4.22. The number of H-pyrrole nitrogens is 1. The molecule has 2 N–H and O–H groups in total. The number of carbonyl (C=O) groups excluding carboxylic acids is 1. The van der Waals surface area contributed by atoms with Crippen LogP contribution in [0.4, 0.5) is 4.39 Å². The Morgan fingerprint density at radius 2 is 2.27 bits per heavy atom. The molecule has 0 atom stereocenters. The third kappa shape index (κ3) is 1.41. The third-order valence-corrected chi connectivity index (χ3v) is 2.13. The predicted octanol–water partition coefficient (Wildman–Crippen LogP) is 1.80. The van der Waals surface area contributed by atoms with Gasteiger partial charge in [-0.3, -0.25) is 0 Å². The van der Waals surface area contributed by atoms with Gasteiger partial charge < -0.3 is 14.8 Å². The van der Waals surface area contributed by atoms with Crippen molar-refractivity contribution in [2.45, 2.75) is 0 Å². The molecule has 4 nitrogen and oxygen atoms in total. The zero-order valence-electron chi connectivity index (χ0n) is 7.87. The quantitative estimate of drug-likeness (QED) is 0.704. The van der Waals surface area contributed by atoms with Crippen molar-refractivity contribution in [3.8, 4) is 5.75 Å². The van der Waals surface area contributed by atoms with Crippen LogP contribution in [0.25, 0.3) is 10.9 Å². The minimum Gasteiger partial charge on any atom is -0.504 e. The Labute approximate surface area is 84.3 Å². The molecule has 0 spiro atoms. The zero-order chi connectivity index (χ0) is 11.0. The maximum atomic E-state index is 13.0. The van der Waals surface area contributed by atoms with Crippen LogP contribution in [0.3, 0.4) is 0 Å². The Morgan fingerprint density at radius 3 is 2.93 bits per heavy atom. The minimum atomic E-state index is -0.724. The van der Waals surface area contributed by atoms with Crippen LogP contribution >= 0.6 is 0 Å². The van der Waals surface area contributed by atoms with Crippen molar-refractivity contribution in [2.24, 2.45) is 0 Å². The number of ether oxygens (including phenoxy) is 1. The van der Waals surface area contributed by atoms with Crippen LogP contribution in [0.15, 0.2) is 18.2 Å². The lowest BCUT2D eigenvalue weighted by atomic mass is 10.2. The molecule has 2 rings (SSSR count). The van der Waals surface area contributed by atoms with Crippen molar-refractivity contribution in [3.63, 3.8) is 0 Å². The highest BCUT2D eigenvalue weighted by molar-refractivity contribution is 5.96. The number of methoxy groups -OCH3 is 1. The van der Waals surface area contributed by atoms with Gasteiger partial charge in [-0.05, 0) is 18.2 Å². The van der Waals surface area contributed by atoms with E-state index in [-0.39, 0.29) is 11.1 Å². The number of benzene rings is 1. The molecule has 0 fully saturated rings. The van der Waals surface area contributed by atoms with Gasteiger partial charge in [0.05, 0.1) is 7.11 Å². The normalized spacial score (nSPS) is 10.5. The first-order valence-electron chi connectivity index (χ1n) is 4.22. The van der Waals surface area contributed by atoms with Gasteiger partial charge in [0.1, 0.15) is 5.69 Å². The molecule has 15 heavy (non-hydrogen) atoms. The van der Waals surface area contributed by atoms with E-state index in [0.717, 1.165) is 6.07 Å². The van der Waals surface area contributed by atoms with Gasteiger partial charge in [-0.2, -0.15) is 0 Å². The van der Waals surface area contributed by atoms with Gasteiger partial charge in [0.15, 0.2) is 11.6 Å². The number of hydrogen-bond donors (Lipinski definition) is 2. The van der Waals surface area contributed by atoms with E-state index in [1.165, 1.54) is 19.2 Å². The number of halogens is 1. The molecule has 0 aliphatic carbocycles. The summed E-state index contributed by atoms with van der Waals surface area (Å²) in [5, 5.41) is 9.64. The highest BCUT2D eigenvalue weighted by atomic mass is 19.1. The number of aromatic amines is 1. The Balaban J connectivity index is 2.66. The van der Waals surface area contributed by atoms with Gasteiger partial charge in [0.2, 0.25) is 0 Å². The van der Waals surface area contributed by atoms with E-state index in [9.17, 15) is 14.3 Å². The highest BCUT2D eigenvalue weighted by Crippen LogP contribution is 2.28. The van der Waals surface area contributed by atoms with Crippen LogP contribution in [0.1, 0.15) is 10.5 Å². The number of phenolic OH excluding ortho intramolecular Hbond substituents is 1. The fourth-order valence-corrected chi connectivity index (χ4v) is 1.38. The standard InChI is InChI=1S/C10H8FNO3/c1-15-10(14)8-4-5-7(12-8)3-2-6(11)9(5)13/h2-4,12-13H,1H3. The van der Waals surface area contributed by atoms with E-state index in [1.54, 1.807) is 0 Å². The second-order valence-corrected chi connectivity index (χ2v) is 3.03. The zero-order valence-corrected chi connectivity index (χ0v) is 7.87. The van der Waals surface area contributed by atoms with Gasteiger partial charge in [0.25, 0.3) is 0 Å². The second kappa shape index (κ2) is 3.27. The monoisotopic (exact) mass is 209 g/mol. The number of fused-ring (bicyclic) bond motifs is 1. The van der Waals surface area contributed by atoms with Crippen LogP contribution in [-0.4, -0.2) is 23.2 Å². The highest BCUT2D eigenvalue weighted by Gasteiger charge is 2.13. The topological polar surface area (TPSA) is 62.3 Å². The average molecular weight is 209 g/mol. The number of aromatic hydroxyl groups is 1. The molecular weight excluding hydrogens is 201 g/mol. The summed E-state index contributed by atoms with van der Waals surface area (Å²) < 4.78 is 17.5. The summed E-state index contributed by atoms with van der Waals surface area (Å²) in [5.41, 5.74) is 0.655. The van der Waals surface area contributed by atoms with Crippen molar-refractivity contribution in [3.05, 3.63) is 29.7 Å². The first kappa shape index (κ1) is 9.51. The van der Waals surface area contributed by atoms with Gasteiger partial charge in [0, 0.05) is 10.9 Å². The van der Waals surface area contributed by atoms with Gasteiger partial charge >= 0.3 is 5.97 Å². The maximum Gasteiger partial charge on any atom is 0.354 e.